The van der Waals surface area contributed by atoms with Crippen molar-refractivity contribution in [1.82, 2.24) is 4.98 Å². The summed E-state index contributed by atoms with van der Waals surface area (Å²) in [5.41, 5.74) is 2.95. The summed E-state index contributed by atoms with van der Waals surface area (Å²) < 4.78 is 4.98. The summed E-state index contributed by atoms with van der Waals surface area (Å²) in [7, 11) is 0. The van der Waals surface area contributed by atoms with Crippen LogP contribution in [-0.4, -0.2) is 17.6 Å². The Hall–Kier alpha value is -1.39. The van der Waals surface area contributed by atoms with Gasteiger partial charge in [0, 0.05) is 5.56 Å². The van der Waals surface area contributed by atoms with E-state index in [4.69, 9.17) is 16.3 Å². The molecule has 0 amide bonds. The standard InChI is InChI=1S/C12H10ClNO2S/c1-2-16-12(15)11-10(14-7-17-11)8-5-3-4-6-9(8)13/h3-7H,2H2,1H3. The minimum Gasteiger partial charge on any atom is -0.462 e. The van der Waals surface area contributed by atoms with Crippen LogP contribution in [0.2, 0.25) is 5.02 Å². The lowest BCUT2D eigenvalue weighted by atomic mass is 10.1. The topological polar surface area (TPSA) is 39.2 Å². The van der Waals surface area contributed by atoms with Crippen LogP contribution in [-0.2, 0) is 4.74 Å². The average molecular weight is 268 g/mol. The molecule has 0 radical (unpaired) electrons. The number of hydrogen-bond acceptors (Lipinski definition) is 4. The van der Waals surface area contributed by atoms with Crippen LogP contribution >= 0.6 is 22.9 Å². The number of benzene rings is 1. The lowest BCUT2D eigenvalue weighted by molar-refractivity contribution is 0.0532. The predicted molar refractivity (Wildman–Crippen MR) is 68.5 cm³/mol. The first-order chi connectivity index (χ1) is 8.24. The number of esters is 1. The molecule has 0 bridgehead atoms. The van der Waals surface area contributed by atoms with E-state index < -0.39 is 0 Å². The Kier molecular flexibility index (Phi) is 3.76. The second-order valence-electron chi connectivity index (χ2n) is 3.23. The van der Waals surface area contributed by atoms with E-state index in [0.29, 0.717) is 22.2 Å². The van der Waals surface area contributed by atoms with Gasteiger partial charge in [0.25, 0.3) is 0 Å². The molecule has 0 unspecified atom stereocenters. The molecule has 0 aliphatic rings. The molecule has 1 heterocycles. The highest BCUT2D eigenvalue weighted by molar-refractivity contribution is 7.12. The molecule has 0 aliphatic heterocycles. The first-order valence-electron chi connectivity index (χ1n) is 5.09. The average Bonchev–Trinajstić information content (AvgIpc) is 2.79. The predicted octanol–water partition coefficient (Wildman–Crippen LogP) is 3.64. The Bertz CT molecular complexity index is 539. The van der Waals surface area contributed by atoms with Crippen molar-refractivity contribution in [3.8, 4) is 11.3 Å². The number of aromatic nitrogens is 1. The highest BCUT2D eigenvalue weighted by Crippen LogP contribution is 2.31. The monoisotopic (exact) mass is 267 g/mol. The van der Waals surface area contributed by atoms with Gasteiger partial charge in [-0.05, 0) is 13.0 Å². The van der Waals surface area contributed by atoms with Crippen molar-refractivity contribution >= 4 is 28.9 Å². The van der Waals surface area contributed by atoms with Crippen molar-refractivity contribution in [1.29, 1.82) is 0 Å². The van der Waals surface area contributed by atoms with Gasteiger partial charge in [0.2, 0.25) is 0 Å². The number of ether oxygens (including phenoxy) is 1. The Morgan fingerprint density at radius 2 is 2.24 bits per heavy atom. The smallest absolute Gasteiger partial charge is 0.350 e. The fourth-order valence-corrected chi connectivity index (χ4v) is 2.35. The van der Waals surface area contributed by atoms with Crippen LogP contribution < -0.4 is 0 Å². The number of carbonyl (C=O) groups excluding carboxylic acids is 1. The van der Waals surface area contributed by atoms with Crippen LogP contribution in [0.4, 0.5) is 0 Å². The molecule has 0 N–H and O–H groups in total. The highest BCUT2D eigenvalue weighted by atomic mass is 35.5. The van der Waals surface area contributed by atoms with Gasteiger partial charge in [0.1, 0.15) is 4.88 Å². The van der Waals surface area contributed by atoms with Gasteiger partial charge in [-0.2, -0.15) is 0 Å². The minimum atomic E-state index is -0.357. The zero-order valence-corrected chi connectivity index (χ0v) is 10.7. The van der Waals surface area contributed by atoms with Crippen molar-refractivity contribution in [2.45, 2.75) is 6.92 Å². The third kappa shape index (κ3) is 2.48. The van der Waals surface area contributed by atoms with E-state index in [1.54, 1.807) is 18.5 Å². The van der Waals surface area contributed by atoms with E-state index in [1.165, 1.54) is 11.3 Å². The number of rotatable bonds is 3. The van der Waals surface area contributed by atoms with Crippen molar-refractivity contribution < 1.29 is 9.53 Å². The molecule has 0 atom stereocenters. The molecule has 1 aromatic carbocycles. The molecule has 2 aromatic rings. The second kappa shape index (κ2) is 5.29. The Morgan fingerprint density at radius 3 is 2.94 bits per heavy atom. The van der Waals surface area contributed by atoms with Gasteiger partial charge in [0.05, 0.1) is 22.8 Å². The van der Waals surface area contributed by atoms with Crippen molar-refractivity contribution in [3.63, 3.8) is 0 Å². The third-order valence-corrected chi connectivity index (χ3v) is 3.29. The van der Waals surface area contributed by atoms with E-state index >= 15 is 0 Å². The van der Waals surface area contributed by atoms with Gasteiger partial charge in [-0.25, -0.2) is 9.78 Å². The third-order valence-electron chi connectivity index (χ3n) is 2.16. The molecular weight excluding hydrogens is 258 g/mol. The number of carbonyl (C=O) groups is 1. The summed E-state index contributed by atoms with van der Waals surface area (Å²) in [5, 5.41) is 0.573. The largest absolute Gasteiger partial charge is 0.462 e. The van der Waals surface area contributed by atoms with Gasteiger partial charge in [-0.15, -0.1) is 11.3 Å². The van der Waals surface area contributed by atoms with E-state index in [1.807, 2.05) is 18.2 Å². The van der Waals surface area contributed by atoms with Crippen molar-refractivity contribution in [3.05, 3.63) is 39.7 Å². The van der Waals surface area contributed by atoms with Gasteiger partial charge in [-0.3, -0.25) is 0 Å². The summed E-state index contributed by atoms with van der Waals surface area (Å²) in [5.74, 6) is -0.357. The molecule has 1 aromatic heterocycles. The van der Waals surface area contributed by atoms with Crippen LogP contribution in [0.15, 0.2) is 29.8 Å². The fraction of sp³-hybridized carbons (Fsp3) is 0.167. The summed E-state index contributed by atoms with van der Waals surface area (Å²) in [4.78, 5) is 16.4. The van der Waals surface area contributed by atoms with E-state index in [-0.39, 0.29) is 5.97 Å². The minimum absolute atomic E-state index is 0.346. The lowest BCUT2D eigenvalue weighted by Gasteiger charge is -2.04. The molecule has 0 spiro atoms. The Labute approximate surface area is 108 Å². The first kappa shape index (κ1) is 12.1. The zero-order valence-electron chi connectivity index (χ0n) is 9.14. The molecule has 0 saturated heterocycles. The van der Waals surface area contributed by atoms with Gasteiger partial charge >= 0.3 is 5.97 Å². The molecule has 0 saturated carbocycles. The second-order valence-corrected chi connectivity index (χ2v) is 4.49. The SMILES string of the molecule is CCOC(=O)c1scnc1-c1ccccc1Cl. The quantitative estimate of drug-likeness (QED) is 0.797. The molecule has 17 heavy (non-hydrogen) atoms. The maximum absolute atomic E-state index is 11.7. The van der Waals surface area contributed by atoms with Crippen LogP contribution in [0.25, 0.3) is 11.3 Å². The lowest BCUT2D eigenvalue weighted by Crippen LogP contribution is -2.04. The molecule has 3 nitrogen and oxygen atoms in total. The summed E-state index contributed by atoms with van der Waals surface area (Å²) >= 11 is 7.34. The van der Waals surface area contributed by atoms with Gasteiger partial charge in [-0.1, -0.05) is 29.8 Å². The molecule has 0 fully saturated rings. The molecule has 2 rings (SSSR count). The van der Waals surface area contributed by atoms with Crippen LogP contribution in [0.5, 0.6) is 0 Å². The Balaban J connectivity index is 2.44. The summed E-state index contributed by atoms with van der Waals surface area (Å²) in [6.45, 7) is 2.12. The number of nitrogens with zero attached hydrogens (tertiary/aromatic N) is 1. The van der Waals surface area contributed by atoms with Crippen LogP contribution in [0, 0.1) is 0 Å². The number of halogens is 1. The number of thiazole rings is 1. The summed E-state index contributed by atoms with van der Waals surface area (Å²) in [6, 6.07) is 7.29. The molecule has 5 heteroatoms. The van der Waals surface area contributed by atoms with Gasteiger partial charge < -0.3 is 4.74 Å². The van der Waals surface area contributed by atoms with Crippen LogP contribution in [0.3, 0.4) is 0 Å². The first-order valence-corrected chi connectivity index (χ1v) is 6.35. The molecule has 88 valence electrons. The Morgan fingerprint density at radius 1 is 1.47 bits per heavy atom. The maximum atomic E-state index is 11.7. The normalized spacial score (nSPS) is 10.2. The number of hydrogen-bond donors (Lipinski definition) is 0. The van der Waals surface area contributed by atoms with Crippen LogP contribution in [0.1, 0.15) is 16.6 Å². The van der Waals surface area contributed by atoms with E-state index in [2.05, 4.69) is 4.98 Å². The van der Waals surface area contributed by atoms with Crippen molar-refractivity contribution in [2.75, 3.05) is 6.61 Å². The van der Waals surface area contributed by atoms with Gasteiger partial charge in [0.15, 0.2) is 0 Å². The summed E-state index contributed by atoms with van der Waals surface area (Å²) in [6.07, 6.45) is 0. The fourth-order valence-electron chi connectivity index (χ4n) is 1.43. The highest BCUT2D eigenvalue weighted by Gasteiger charge is 2.18. The van der Waals surface area contributed by atoms with E-state index in [9.17, 15) is 4.79 Å². The maximum Gasteiger partial charge on any atom is 0.350 e. The molecule has 0 aliphatic carbocycles. The zero-order chi connectivity index (χ0) is 12.3. The van der Waals surface area contributed by atoms with Crippen molar-refractivity contribution in [2.24, 2.45) is 0 Å². The van der Waals surface area contributed by atoms with E-state index in [0.717, 1.165) is 5.56 Å². The molecular formula is C12H10ClNO2S.